The molecule has 0 amide bonds. The van der Waals surface area contributed by atoms with E-state index in [0.29, 0.717) is 18.7 Å². The average molecular weight is 456 g/mol. The predicted octanol–water partition coefficient (Wildman–Crippen LogP) is 2.99. The summed E-state index contributed by atoms with van der Waals surface area (Å²) >= 11 is 0. The highest BCUT2D eigenvalue weighted by atomic mass is 19.1. The topological polar surface area (TPSA) is 71.0 Å². The minimum atomic E-state index is -0.761. The molecule has 7 nitrogen and oxygen atoms in total. The molecule has 3 heterocycles. The number of nitrogens with zero attached hydrogens (tertiary/aromatic N) is 4. The molecule has 33 heavy (non-hydrogen) atoms. The molecule has 2 aromatic carbocycles. The Morgan fingerprint density at radius 2 is 1.76 bits per heavy atom. The largest absolute Gasteiger partial charge is 0.376 e. The summed E-state index contributed by atoms with van der Waals surface area (Å²) < 4.78 is 51.2. The van der Waals surface area contributed by atoms with Gasteiger partial charge in [-0.25, -0.2) is 27.5 Å². The second-order valence-electron chi connectivity index (χ2n) is 7.89. The number of rotatable bonds is 5. The molecule has 0 bridgehead atoms. The van der Waals surface area contributed by atoms with Gasteiger partial charge in [-0.2, -0.15) is 0 Å². The van der Waals surface area contributed by atoms with Crippen LogP contribution in [0.3, 0.4) is 0 Å². The highest BCUT2D eigenvalue weighted by molar-refractivity contribution is 5.72. The van der Waals surface area contributed by atoms with Gasteiger partial charge in [0.15, 0.2) is 11.2 Å². The van der Waals surface area contributed by atoms with Gasteiger partial charge in [0.05, 0.1) is 31.2 Å². The van der Waals surface area contributed by atoms with Crippen LogP contribution in [0.4, 0.5) is 13.2 Å². The van der Waals surface area contributed by atoms with Crippen molar-refractivity contribution in [2.24, 2.45) is 0 Å². The number of benzene rings is 2. The first-order valence-corrected chi connectivity index (χ1v) is 10.4. The molecule has 1 saturated heterocycles. The summed E-state index contributed by atoms with van der Waals surface area (Å²) in [5.41, 5.74) is -1.22. The Morgan fingerprint density at radius 1 is 1.03 bits per heavy atom. The molecule has 0 aliphatic carbocycles. The summed E-state index contributed by atoms with van der Waals surface area (Å²) in [6.07, 6.45) is 2.46. The van der Waals surface area contributed by atoms with Crippen molar-refractivity contribution in [2.45, 2.75) is 32.0 Å². The second kappa shape index (κ2) is 8.36. The molecule has 170 valence electrons. The fourth-order valence-corrected chi connectivity index (χ4v) is 4.13. The molecule has 1 fully saturated rings. The Kier molecular flexibility index (Phi) is 5.37. The zero-order valence-electron chi connectivity index (χ0n) is 17.4. The van der Waals surface area contributed by atoms with Gasteiger partial charge >= 0.3 is 5.69 Å². The Bertz CT molecular complexity index is 1430. The summed E-state index contributed by atoms with van der Waals surface area (Å²) in [6.45, 7) is 0.262. The summed E-state index contributed by atoms with van der Waals surface area (Å²) in [4.78, 5) is 31.0. The van der Waals surface area contributed by atoms with Crippen molar-refractivity contribution in [2.75, 3.05) is 6.61 Å². The van der Waals surface area contributed by atoms with Crippen LogP contribution >= 0.6 is 0 Å². The smallest absolute Gasteiger partial charge is 0.337 e. The van der Waals surface area contributed by atoms with E-state index in [-0.39, 0.29) is 35.9 Å². The third kappa shape index (κ3) is 3.76. The number of aromatic nitrogens is 4. The number of fused-ring (bicyclic) bond motifs is 1. The van der Waals surface area contributed by atoms with E-state index in [2.05, 4.69) is 4.98 Å². The Labute approximate surface area is 185 Å². The second-order valence-corrected chi connectivity index (χ2v) is 7.89. The molecule has 0 spiro atoms. The lowest BCUT2D eigenvalue weighted by molar-refractivity contribution is 0.0950. The Hall–Kier alpha value is -3.66. The van der Waals surface area contributed by atoms with Crippen LogP contribution in [-0.4, -0.2) is 31.4 Å². The number of hydrogen-bond donors (Lipinski definition) is 0. The number of hydrogen-bond acceptors (Lipinski definition) is 4. The normalized spacial score (nSPS) is 16.0. The van der Waals surface area contributed by atoms with Crippen LogP contribution in [0.2, 0.25) is 0 Å². The van der Waals surface area contributed by atoms with E-state index in [1.165, 1.54) is 45.8 Å². The van der Waals surface area contributed by atoms with Crippen LogP contribution < -0.4 is 11.2 Å². The fourth-order valence-electron chi connectivity index (χ4n) is 4.13. The quantitative estimate of drug-likeness (QED) is 0.463. The van der Waals surface area contributed by atoms with Crippen LogP contribution in [-0.2, 0) is 17.8 Å². The van der Waals surface area contributed by atoms with Gasteiger partial charge in [-0.05, 0) is 49.2 Å². The van der Waals surface area contributed by atoms with Crippen LogP contribution in [0.25, 0.3) is 16.9 Å². The fraction of sp³-hybridized carbons (Fsp3) is 0.261. The van der Waals surface area contributed by atoms with Crippen molar-refractivity contribution in [1.29, 1.82) is 0 Å². The average Bonchev–Trinajstić information content (AvgIpc) is 3.45. The molecule has 1 aliphatic rings. The van der Waals surface area contributed by atoms with Crippen molar-refractivity contribution in [3.8, 4) is 5.69 Å². The molecule has 4 aromatic rings. The third-order valence-corrected chi connectivity index (χ3v) is 5.79. The molecule has 2 aromatic heterocycles. The first-order valence-electron chi connectivity index (χ1n) is 10.4. The first-order chi connectivity index (χ1) is 15.9. The van der Waals surface area contributed by atoms with Crippen molar-refractivity contribution in [3.63, 3.8) is 0 Å². The van der Waals surface area contributed by atoms with E-state index >= 15 is 0 Å². The monoisotopic (exact) mass is 456 g/mol. The molecule has 1 aliphatic heterocycles. The lowest BCUT2D eigenvalue weighted by Crippen LogP contribution is -2.42. The van der Waals surface area contributed by atoms with Gasteiger partial charge in [0, 0.05) is 12.2 Å². The molecule has 0 radical (unpaired) electrons. The maximum atomic E-state index is 14.3. The third-order valence-electron chi connectivity index (χ3n) is 5.79. The van der Waals surface area contributed by atoms with Crippen LogP contribution in [0.1, 0.15) is 18.4 Å². The molecular weight excluding hydrogens is 437 g/mol. The summed E-state index contributed by atoms with van der Waals surface area (Å²) in [5, 5.41) is 0. The number of ether oxygens (including phenoxy) is 1. The maximum absolute atomic E-state index is 14.3. The maximum Gasteiger partial charge on any atom is 0.337 e. The highest BCUT2D eigenvalue weighted by Gasteiger charge is 2.24. The minimum Gasteiger partial charge on any atom is -0.376 e. The van der Waals surface area contributed by atoms with Crippen molar-refractivity contribution in [3.05, 3.63) is 92.6 Å². The zero-order valence-corrected chi connectivity index (χ0v) is 17.4. The van der Waals surface area contributed by atoms with Crippen LogP contribution in [0.15, 0.2) is 58.4 Å². The van der Waals surface area contributed by atoms with Crippen LogP contribution in [0, 0.1) is 17.5 Å². The summed E-state index contributed by atoms with van der Waals surface area (Å²) in [6, 6.07) is 8.67. The minimum absolute atomic E-state index is 0.000394. The van der Waals surface area contributed by atoms with Crippen molar-refractivity contribution in [1.82, 2.24) is 18.7 Å². The van der Waals surface area contributed by atoms with E-state index in [1.54, 1.807) is 0 Å². The first kappa shape index (κ1) is 21.2. The Balaban J connectivity index is 1.74. The van der Waals surface area contributed by atoms with Gasteiger partial charge < -0.3 is 9.30 Å². The van der Waals surface area contributed by atoms with E-state index in [9.17, 15) is 22.8 Å². The molecule has 0 saturated carbocycles. The molecule has 10 heteroatoms. The lowest BCUT2D eigenvalue weighted by Gasteiger charge is -2.15. The SMILES string of the molecule is O=c1c2c(ncn2Cc2c(F)cccc2F)n(-c2ccc(F)cc2)c(=O)n1CC1CCCO1. The molecule has 1 atom stereocenters. The van der Waals surface area contributed by atoms with Crippen molar-refractivity contribution >= 4 is 11.2 Å². The van der Waals surface area contributed by atoms with Gasteiger partial charge in [0.1, 0.15) is 17.5 Å². The van der Waals surface area contributed by atoms with Crippen LogP contribution in [0.5, 0.6) is 0 Å². The lowest BCUT2D eigenvalue weighted by atomic mass is 10.2. The molecular formula is C23H19F3N4O3. The number of imidazole rings is 1. The molecule has 5 rings (SSSR count). The Morgan fingerprint density at radius 3 is 2.42 bits per heavy atom. The van der Waals surface area contributed by atoms with Gasteiger partial charge in [-0.3, -0.25) is 9.36 Å². The predicted molar refractivity (Wildman–Crippen MR) is 114 cm³/mol. The van der Waals surface area contributed by atoms with E-state index in [4.69, 9.17) is 4.74 Å². The van der Waals surface area contributed by atoms with Crippen molar-refractivity contribution < 1.29 is 17.9 Å². The standard InChI is InChI=1S/C23H19F3N4O3/c24-14-6-8-15(9-7-14)30-21-20(22(31)29(23(30)32)11-16-3-2-10-33-16)28(13-27-21)12-17-18(25)4-1-5-19(17)26/h1,4-9,13,16H,2-3,10-12H2. The molecule has 1 unspecified atom stereocenters. The van der Waals surface area contributed by atoms with E-state index in [0.717, 1.165) is 23.1 Å². The van der Waals surface area contributed by atoms with Gasteiger partial charge in [0.2, 0.25) is 0 Å². The summed E-state index contributed by atoms with van der Waals surface area (Å²) in [7, 11) is 0. The van der Waals surface area contributed by atoms with Gasteiger partial charge in [-0.1, -0.05) is 6.07 Å². The van der Waals surface area contributed by atoms with E-state index < -0.39 is 28.7 Å². The molecule has 0 N–H and O–H groups in total. The summed E-state index contributed by atoms with van der Waals surface area (Å²) in [5.74, 6) is -2.01. The zero-order chi connectivity index (χ0) is 23.1. The highest BCUT2D eigenvalue weighted by Crippen LogP contribution is 2.19. The van der Waals surface area contributed by atoms with Gasteiger partial charge in [0.25, 0.3) is 5.56 Å². The van der Waals surface area contributed by atoms with E-state index in [1.807, 2.05) is 0 Å². The number of halogens is 3. The van der Waals surface area contributed by atoms with Gasteiger partial charge in [-0.15, -0.1) is 0 Å².